The summed E-state index contributed by atoms with van der Waals surface area (Å²) in [4.78, 5) is 0. The summed E-state index contributed by atoms with van der Waals surface area (Å²) >= 11 is 0. The molecule has 0 fully saturated rings. The molecule has 1 N–H and O–H groups in total. The molecule has 0 aliphatic carbocycles. The van der Waals surface area contributed by atoms with E-state index in [2.05, 4.69) is 66.7 Å². The first-order chi connectivity index (χ1) is 12.3. The van der Waals surface area contributed by atoms with E-state index >= 15 is 0 Å². The molecule has 1 heteroatoms. The van der Waals surface area contributed by atoms with Crippen molar-refractivity contribution in [1.82, 2.24) is 0 Å². The maximum absolute atomic E-state index is 10.8. The largest absolute Gasteiger partial charge is 0.507 e. The topological polar surface area (TPSA) is 20.2 Å². The van der Waals surface area contributed by atoms with E-state index < -0.39 is 0 Å². The van der Waals surface area contributed by atoms with E-state index in [0.717, 1.165) is 27.3 Å². The van der Waals surface area contributed by atoms with Crippen molar-refractivity contribution in [1.29, 1.82) is 0 Å². The lowest BCUT2D eigenvalue weighted by molar-refractivity contribution is 0.482. The summed E-state index contributed by atoms with van der Waals surface area (Å²) in [7, 11) is 0. The zero-order valence-corrected chi connectivity index (χ0v) is 13.6. The molecule has 0 amide bonds. The normalized spacial score (nSPS) is 11.4. The van der Waals surface area contributed by atoms with Gasteiger partial charge in [0.2, 0.25) is 0 Å². The average molecular weight is 320 g/mol. The number of rotatable bonds is 1. The molecule has 0 saturated heterocycles. The number of fused-ring (bicyclic) bond motifs is 5. The highest BCUT2D eigenvalue weighted by Gasteiger charge is 2.10. The van der Waals surface area contributed by atoms with Crippen molar-refractivity contribution >= 4 is 32.3 Å². The van der Waals surface area contributed by atoms with Crippen molar-refractivity contribution in [2.24, 2.45) is 0 Å². The predicted octanol–water partition coefficient (Wildman–Crippen LogP) is 6.52. The summed E-state index contributed by atoms with van der Waals surface area (Å²) in [6.45, 7) is 0. The highest BCUT2D eigenvalue weighted by atomic mass is 16.3. The van der Waals surface area contributed by atoms with Crippen molar-refractivity contribution in [3.8, 4) is 16.9 Å². The van der Waals surface area contributed by atoms with Crippen LogP contribution >= 0.6 is 0 Å². The summed E-state index contributed by atoms with van der Waals surface area (Å²) in [6.07, 6.45) is 0. The van der Waals surface area contributed by atoms with Gasteiger partial charge in [-0.05, 0) is 50.2 Å². The molecule has 0 saturated carbocycles. The molecule has 5 aromatic carbocycles. The highest BCUT2D eigenvalue weighted by Crippen LogP contribution is 2.38. The molecule has 0 bridgehead atoms. The van der Waals surface area contributed by atoms with Crippen molar-refractivity contribution < 1.29 is 5.11 Å². The minimum atomic E-state index is 0.331. The SMILES string of the molecule is Oc1cc(-c2ccccc2)cc2ccc3c4ccccc4ccc3c12. The summed E-state index contributed by atoms with van der Waals surface area (Å²) in [5.41, 5.74) is 2.14. The van der Waals surface area contributed by atoms with Crippen LogP contribution < -0.4 is 0 Å². The molecule has 0 spiro atoms. The van der Waals surface area contributed by atoms with Gasteiger partial charge in [-0.1, -0.05) is 78.9 Å². The van der Waals surface area contributed by atoms with Gasteiger partial charge in [0.1, 0.15) is 5.75 Å². The maximum atomic E-state index is 10.8. The van der Waals surface area contributed by atoms with E-state index in [9.17, 15) is 5.11 Å². The highest BCUT2D eigenvalue weighted by molar-refractivity contribution is 6.19. The van der Waals surface area contributed by atoms with Crippen molar-refractivity contribution in [2.75, 3.05) is 0 Å². The van der Waals surface area contributed by atoms with Gasteiger partial charge in [0.25, 0.3) is 0 Å². The third kappa shape index (κ3) is 2.17. The summed E-state index contributed by atoms with van der Waals surface area (Å²) in [6, 6.07) is 31.1. The number of benzene rings is 5. The van der Waals surface area contributed by atoms with Gasteiger partial charge in [-0.2, -0.15) is 0 Å². The Bertz CT molecular complexity index is 1240. The molecule has 5 rings (SSSR count). The molecular weight excluding hydrogens is 304 g/mol. The number of phenols is 1. The second-order valence-electron chi connectivity index (χ2n) is 6.41. The smallest absolute Gasteiger partial charge is 0.124 e. The molecule has 1 nitrogen and oxygen atoms in total. The molecule has 0 atom stereocenters. The molecule has 0 unspecified atom stereocenters. The van der Waals surface area contributed by atoms with Crippen molar-refractivity contribution in [2.45, 2.75) is 0 Å². The van der Waals surface area contributed by atoms with Crippen molar-refractivity contribution in [3.63, 3.8) is 0 Å². The Labute approximate surface area is 145 Å². The summed E-state index contributed by atoms with van der Waals surface area (Å²) < 4.78 is 0. The van der Waals surface area contributed by atoms with Crippen LogP contribution in [0.15, 0.2) is 91.0 Å². The van der Waals surface area contributed by atoms with Gasteiger partial charge in [-0.25, -0.2) is 0 Å². The van der Waals surface area contributed by atoms with Gasteiger partial charge in [0.05, 0.1) is 0 Å². The quantitative estimate of drug-likeness (QED) is 0.349. The van der Waals surface area contributed by atoms with Gasteiger partial charge in [-0.15, -0.1) is 0 Å². The number of hydrogen-bond donors (Lipinski definition) is 1. The standard InChI is InChI=1S/C24H16O/c25-23-15-19(16-6-2-1-3-7-16)14-18-11-12-21-20-9-5-4-8-17(20)10-13-22(21)24(18)23/h1-15,25H. The van der Waals surface area contributed by atoms with Crippen LogP contribution in [0.1, 0.15) is 0 Å². The Morgan fingerprint density at radius 3 is 2.08 bits per heavy atom. The van der Waals surface area contributed by atoms with E-state index in [1.54, 1.807) is 0 Å². The fraction of sp³-hybridized carbons (Fsp3) is 0. The minimum Gasteiger partial charge on any atom is -0.507 e. The zero-order valence-electron chi connectivity index (χ0n) is 13.6. The van der Waals surface area contributed by atoms with Crippen LogP contribution in [0.2, 0.25) is 0 Å². The van der Waals surface area contributed by atoms with E-state index in [-0.39, 0.29) is 0 Å². The van der Waals surface area contributed by atoms with Gasteiger partial charge in [0, 0.05) is 5.39 Å². The first-order valence-electron chi connectivity index (χ1n) is 8.44. The van der Waals surface area contributed by atoms with E-state index in [1.807, 2.05) is 24.3 Å². The Morgan fingerprint density at radius 1 is 0.480 bits per heavy atom. The first kappa shape index (κ1) is 14.1. The molecule has 0 radical (unpaired) electrons. The van der Waals surface area contributed by atoms with Gasteiger partial charge >= 0.3 is 0 Å². The van der Waals surface area contributed by atoms with Crippen LogP contribution in [0, 0.1) is 0 Å². The molecule has 0 aliphatic rings. The van der Waals surface area contributed by atoms with Crippen LogP contribution in [0.5, 0.6) is 5.75 Å². The van der Waals surface area contributed by atoms with E-state index in [4.69, 9.17) is 0 Å². The van der Waals surface area contributed by atoms with Gasteiger partial charge in [0.15, 0.2) is 0 Å². The summed E-state index contributed by atoms with van der Waals surface area (Å²) in [5, 5.41) is 17.5. The molecule has 25 heavy (non-hydrogen) atoms. The van der Waals surface area contributed by atoms with E-state index in [0.29, 0.717) is 5.75 Å². The lowest BCUT2D eigenvalue weighted by Crippen LogP contribution is -1.84. The van der Waals surface area contributed by atoms with Crippen LogP contribution in [0.25, 0.3) is 43.4 Å². The minimum absolute atomic E-state index is 0.331. The molecule has 0 heterocycles. The zero-order chi connectivity index (χ0) is 16.8. The Balaban J connectivity index is 1.86. The molecular formula is C24H16O. The lowest BCUT2D eigenvalue weighted by Gasteiger charge is -2.11. The van der Waals surface area contributed by atoms with Gasteiger partial charge in [-0.3, -0.25) is 0 Å². The summed E-state index contributed by atoms with van der Waals surface area (Å²) in [5.74, 6) is 0.331. The third-order valence-corrected chi connectivity index (χ3v) is 4.92. The maximum Gasteiger partial charge on any atom is 0.124 e. The van der Waals surface area contributed by atoms with Crippen molar-refractivity contribution in [3.05, 3.63) is 91.0 Å². The fourth-order valence-electron chi connectivity index (χ4n) is 3.74. The number of aromatic hydroxyl groups is 1. The Kier molecular flexibility index (Phi) is 3.01. The average Bonchev–Trinajstić information content (AvgIpc) is 2.67. The molecule has 5 aromatic rings. The fourth-order valence-corrected chi connectivity index (χ4v) is 3.74. The second-order valence-corrected chi connectivity index (χ2v) is 6.41. The second kappa shape index (κ2) is 5.35. The molecule has 0 aliphatic heterocycles. The number of hydrogen-bond acceptors (Lipinski definition) is 1. The van der Waals surface area contributed by atoms with Crippen LogP contribution in [-0.2, 0) is 0 Å². The van der Waals surface area contributed by atoms with Crippen LogP contribution in [0.4, 0.5) is 0 Å². The van der Waals surface area contributed by atoms with Gasteiger partial charge < -0.3 is 5.11 Å². The molecule has 0 aromatic heterocycles. The number of phenolic OH excluding ortho intramolecular Hbond substituents is 1. The van der Waals surface area contributed by atoms with Crippen LogP contribution in [-0.4, -0.2) is 5.11 Å². The third-order valence-electron chi connectivity index (χ3n) is 4.92. The lowest BCUT2D eigenvalue weighted by atomic mass is 9.94. The Morgan fingerprint density at radius 2 is 1.20 bits per heavy atom. The predicted molar refractivity (Wildman–Crippen MR) is 106 cm³/mol. The van der Waals surface area contributed by atoms with Crippen LogP contribution in [0.3, 0.4) is 0 Å². The monoisotopic (exact) mass is 320 g/mol. The van der Waals surface area contributed by atoms with E-state index in [1.165, 1.54) is 16.2 Å². The molecule has 118 valence electrons. The Hall–Kier alpha value is -3.32. The first-order valence-corrected chi connectivity index (χ1v) is 8.44.